The van der Waals surface area contributed by atoms with Gasteiger partial charge in [0.2, 0.25) is 0 Å². The van der Waals surface area contributed by atoms with Crippen LogP contribution >= 0.6 is 0 Å². The molecule has 2 aliphatic rings. The van der Waals surface area contributed by atoms with Crippen LogP contribution in [0.15, 0.2) is 72.8 Å². The van der Waals surface area contributed by atoms with Gasteiger partial charge in [-0.1, -0.05) is 66.7 Å². The van der Waals surface area contributed by atoms with E-state index < -0.39 is 5.97 Å². The van der Waals surface area contributed by atoms with Crippen molar-refractivity contribution in [1.29, 1.82) is 0 Å². The molecular formula is C36H37N3O5. The minimum Gasteiger partial charge on any atom is -0.493 e. The summed E-state index contributed by atoms with van der Waals surface area (Å²) in [6, 6.07) is 20.5. The number of carboxylic acids is 1. The molecule has 0 bridgehead atoms. The Hall–Kier alpha value is -4.40. The number of allylic oxidation sites excluding steroid dienone is 1. The molecule has 1 aliphatic carbocycles. The number of nitrogens with zero attached hydrogens (tertiary/aromatic N) is 3. The van der Waals surface area contributed by atoms with Gasteiger partial charge in [-0.15, -0.1) is 0 Å². The normalized spacial score (nSPS) is 15.7. The molecule has 8 heteroatoms. The number of benzene rings is 3. The molecule has 0 atom stereocenters. The summed E-state index contributed by atoms with van der Waals surface area (Å²) in [5, 5.41) is 18.9. The maximum absolute atomic E-state index is 12.9. The van der Waals surface area contributed by atoms with Gasteiger partial charge >= 0.3 is 5.97 Å². The van der Waals surface area contributed by atoms with Crippen LogP contribution in [0.3, 0.4) is 0 Å². The largest absolute Gasteiger partial charge is 0.493 e. The summed E-state index contributed by atoms with van der Waals surface area (Å²) in [4.78, 5) is 12.9. The lowest BCUT2D eigenvalue weighted by Crippen LogP contribution is -2.11. The summed E-state index contributed by atoms with van der Waals surface area (Å²) in [6.45, 7) is 2.96. The highest BCUT2D eigenvalue weighted by Crippen LogP contribution is 2.47. The Bertz CT molecular complexity index is 1860. The van der Waals surface area contributed by atoms with E-state index in [4.69, 9.17) is 19.3 Å². The van der Waals surface area contributed by atoms with Crippen molar-refractivity contribution in [3.63, 3.8) is 0 Å². The van der Waals surface area contributed by atoms with Crippen LogP contribution in [0, 0.1) is 0 Å². The van der Waals surface area contributed by atoms with Gasteiger partial charge in [-0.05, 0) is 42.7 Å². The second-order valence-electron chi connectivity index (χ2n) is 11.6. The number of para-hydroxylation sites is 1. The number of aromatic carboxylic acids is 1. The van der Waals surface area contributed by atoms with Crippen LogP contribution in [0.1, 0.15) is 52.6 Å². The Morgan fingerprint density at radius 2 is 1.84 bits per heavy atom. The third kappa shape index (κ3) is 5.29. The molecule has 7 rings (SSSR count). The maximum Gasteiger partial charge on any atom is 0.352 e. The number of carboxylic acid groups (broad SMARTS) is 1. The fraction of sp³-hybridized carbons (Fsp3) is 0.333. The van der Waals surface area contributed by atoms with Crippen molar-refractivity contribution in [2.45, 2.75) is 51.3 Å². The summed E-state index contributed by atoms with van der Waals surface area (Å²) in [6.07, 6.45) is 7.46. The number of aryl methyl sites for hydroxylation is 1. The van der Waals surface area contributed by atoms with Gasteiger partial charge in [0.1, 0.15) is 11.4 Å². The first kappa shape index (κ1) is 28.4. The van der Waals surface area contributed by atoms with Gasteiger partial charge in [0, 0.05) is 41.5 Å². The van der Waals surface area contributed by atoms with Crippen molar-refractivity contribution in [3.8, 4) is 16.9 Å². The number of aromatic nitrogens is 3. The van der Waals surface area contributed by atoms with Crippen molar-refractivity contribution in [3.05, 3.63) is 95.5 Å². The van der Waals surface area contributed by atoms with Gasteiger partial charge in [0.15, 0.2) is 0 Å². The minimum atomic E-state index is -0.921. The van der Waals surface area contributed by atoms with Crippen LogP contribution in [0.5, 0.6) is 5.75 Å². The van der Waals surface area contributed by atoms with Crippen LogP contribution in [0.2, 0.25) is 0 Å². The fourth-order valence-corrected chi connectivity index (χ4v) is 6.55. The van der Waals surface area contributed by atoms with Crippen LogP contribution < -0.4 is 4.74 Å². The molecule has 2 aromatic heterocycles. The zero-order valence-corrected chi connectivity index (χ0v) is 25.0. The Labute approximate surface area is 256 Å². The molecule has 0 spiro atoms. The molecular weight excluding hydrogens is 554 g/mol. The monoisotopic (exact) mass is 591 g/mol. The number of hydrogen-bond acceptors (Lipinski definition) is 5. The van der Waals surface area contributed by atoms with E-state index in [1.807, 2.05) is 51.7 Å². The Morgan fingerprint density at radius 1 is 1.02 bits per heavy atom. The Morgan fingerprint density at radius 3 is 2.68 bits per heavy atom. The van der Waals surface area contributed by atoms with Gasteiger partial charge in [-0.3, -0.25) is 4.68 Å². The van der Waals surface area contributed by atoms with Gasteiger partial charge in [0.05, 0.1) is 49.9 Å². The average Bonchev–Trinajstić information content (AvgIpc) is 3.75. The smallest absolute Gasteiger partial charge is 0.352 e. The van der Waals surface area contributed by atoms with Gasteiger partial charge in [0.25, 0.3) is 0 Å². The highest BCUT2D eigenvalue weighted by Gasteiger charge is 2.34. The van der Waals surface area contributed by atoms with Gasteiger partial charge in [-0.25, -0.2) is 4.79 Å². The number of carbonyl (C=O) groups is 1. The first-order chi connectivity index (χ1) is 21.7. The molecule has 0 unspecified atom stereocenters. The molecule has 3 heterocycles. The van der Waals surface area contributed by atoms with Crippen LogP contribution in [-0.2, 0) is 35.6 Å². The molecule has 3 aromatic carbocycles. The average molecular weight is 592 g/mol. The molecule has 5 aromatic rings. The molecule has 1 fully saturated rings. The van der Waals surface area contributed by atoms with Crippen molar-refractivity contribution in [2.75, 3.05) is 26.9 Å². The first-order valence-corrected chi connectivity index (χ1v) is 15.4. The number of fused-ring (bicyclic) bond motifs is 3. The lowest BCUT2D eigenvalue weighted by molar-refractivity contribution is 0.0685. The minimum absolute atomic E-state index is 0.337. The van der Waals surface area contributed by atoms with Crippen molar-refractivity contribution in [2.24, 2.45) is 0 Å². The zero-order chi connectivity index (χ0) is 30.0. The summed E-state index contributed by atoms with van der Waals surface area (Å²) in [5.74, 6) is 0.327. The van der Waals surface area contributed by atoms with Gasteiger partial charge < -0.3 is 23.9 Å². The van der Waals surface area contributed by atoms with Crippen molar-refractivity contribution in [1.82, 2.24) is 14.3 Å². The molecule has 0 amide bonds. The molecule has 8 nitrogen and oxygen atoms in total. The van der Waals surface area contributed by atoms with E-state index in [1.165, 1.54) is 0 Å². The number of hydrogen-bond donors (Lipinski definition) is 1. The molecule has 1 saturated carbocycles. The third-order valence-electron chi connectivity index (χ3n) is 8.70. The number of ether oxygens (including phenoxy) is 3. The Balaban J connectivity index is 1.30. The van der Waals surface area contributed by atoms with Crippen LogP contribution in [-0.4, -0.2) is 52.4 Å². The van der Waals surface area contributed by atoms with Crippen LogP contribution in [0.25, 0.3) is 32.8 Å². The summed E-state index contributed by atoms with van der Waals surface area (Å²) in [5.41, 5.74) is 6.31. The third-order valence-corrected chi connectivity index (χ3v) is 8.70. The molecule has 226 valence electrons. The van der Waals surface area contributed by atoms with E-state index in [0.29, 0.717) is 64.0 Å². The van der Waals surface area contributed by atoms with Crippen molar-refractivity contribution >= 4 is 27.6 Å². The summed E-state index contributed by atoms with van der Waals surface area (Å²) in [7, 11) is 1.70. The summed E-state index contributed by atoms with van der Waals surface area (Å²) < 4.78 is 21.8. The molecule has 1 aliphatic heterocycles. The predicted molar refractivity (Wildman–Crippen MR) is 171 cm³/mol. The van der Waals surface area contributed by atoms with Gasteiger partial charge in [-0.2, -0.15) is 5.10 Å². The summed E-state index contributed by atoms with van der Waals surface area (Å²) >= 11 is 0. The maximum atomic E-state index is 12.9. The second-order valence-corrected chi connectivity index (χ2v) is 11.6. The van der Waals surface area contributed by atoms with E-state index in [9.17, 15) is 9.90 Å². The fourth-order valence-electron chi connectivity index (χ4n) is 6.55. The predicted octanol–water partition coefficient (Wildman–Crippen LogP) is 6.98. The first-order valence-electron chi connectivity index (χ1n) is 15.4. The second kappa shape index (κ2) is 12.3. The lowest BCUT2D eigenvalue weighted by Gasteiger charge is -2.13. The highest BCUT2D eigenvalue weighted by atomic mass is 16.5. The SMILES string of the molecule is COCCn1nc(C2CC2)c2c1COC/C=C\Cn1c(C(=O)O)c(CCCOc3cccc4ccccc34)c3cccc-2c31. The van der Waals surface area contributed by atoms with E-state index in [-0.39, 0.29) is 0 Å². The van der Waals surface area contributed by atoms with E-state index >= 15 is 0 Å². The molecule has 0 saturated heterocycles. The van der Waals surface area contributed by atoms with Crippen molar-refractivity contribution < 1.29 is 24.1 Å². The van der Waals surface area contributed by atoms with Crippen LogP contribution in [0.4, 0.5) is 0 Å². The topological polar surface area (TPSA) is 87.7 Å². The molecule has 1 N–H and O–H groups in total. The zero-order valence-electron chi connectivity index (χ0n) is 25.0. The lowest BCUT2D eigenvalue weighted by atomic mass is 9.96. The number of rotatable bonds is 10. The quantitative estimate of drug-likeness (QED) is 0.139. The van der Waals surface area contributed by atoms with E-state index in [1.54, 1.807) is 7.11 Å². The molecule has 0 radical (unpaired) electrons. The highest BCUT2D eigenvalue weighted by molar-refractivity contribution is 6.04. The van der Waals surface area contributed by atoms with E-state index in [0.717, 1.165) is 68.3 Å². The Kier molecular flexibility index (Phi) is 7.93. The van der Waals surface area contributed by atoms with E-state index in [2.05, 4.69) is 30.3 Å². The molecule has 44 heavy (non-hydrogen) atoms. The standard InChI is InChI=1S/C36H37N3O5/c1-42-22-19-39-30-23-43-20-5-4-18-38-34-27(12-7-13-29(34)32(30)33(37-39)25-16-17-25)28(35(38)36(40)41)14-8-21-44-31-15-6-10-24-9-2-3-11-26(24)31/h2-7,9-13,15,25H,8,14,16-23H2,1H3,(H,40,41)/b5-4-. The number of methoxy groups -OCH3 is 1.